The lowest BCUT2D eigenvalue weighted by Gasteiger charge is -2.35. The Hall–Kier alpha value is -2.23. The van der Waals surface area contributed by atoms with Crippen molar-refractivity contribution in [2.75, 3.05) is 11.9 Å². The Bertz CT molecular complexity index is 632. The van der Waals surface area contributed by atoms with Crippen molar-refractivity contribution in [3.8, 4) is 0 Å². The number of aryl methyl sites for hydroxylation is 1. The normalized spacial score (nSPS) is 17.7. The third kappa shape index (κ3) is 2.18. The van der Waals surface area contributed by atoms with E-state index in [1.165, 1.54) is 5.69 Å². The van der Waals surface area contributed by atoms with E-state index >= 15 is 0 Å². The predicted molar refractivity (Wildman–Crippen MR) is 79.8 cm³/mol. The number of benzene rings is 1. The van der Waals surface area contributed by atoms with Crippen LogP contribution >= 0.6 is 0 Å². The van der Waals surface area contributed by atoms with E-state index in [4.69, 9.17) is 0 Å². The SMILES string of the molecule is Cc1ccccc1NC(=O)N1CCn2cccc2C1C. The molecule has 1 unspecified atom stereocenters. The summed E-state index contributed by atoms with van der Waals surface area (Å²) >= 11 is 0. The number of anilines is 1. The number of nitrogens with zero attached hydrogens (tertiary/aromatic N) is 2. The van der Waals surface area contributed by atoms with Gasteiger partial charge in [-0.05, 0) is 37.6 Å². The molecule has 4 heteroatoms. The maximum Gasteiger partial charge on any atom is 0.322 e. The van der Waals surface area contributed by atoms with Gasteiger partial charge in [0.15, 0.2) is 0 Å². The second kappa shape index (κ2) is 5.04. The summed E-state index contributed by atoms with van der Waals surface area (Å²) in [5.41, 5.74) is 3.15. The molecule has 0 saturated heterocycles. The number of nitrogens with one attached hydrogen (secondary N) is 1. The molecule has 2 amide bonds. The van der Waals surface area contributed by atoms with Crippen LogP contribution in [-0.2, 0) is 6.54 Å². The van der Waals surface area contributed by atoms with E-state index in [-0.39, 0.29) is 12.1 Å². The number of fused-ring (bicyclic) bond motifs is 1. The fraction of sp³-hybridized carbons (Fsp3) is 0.312. The van der Waals surface area contributed by atoms with E-state index in [0.29, 0.717) is 0 Å². The van der Waals surface area contributed by atoms with Crippen molar-refractivity contribution in [3.05, 3.63) is 53.9 Å². The lowest BCUT2D eigenvalue weighted by Crippen LogP contribution is -2.43. The van der Waals surface area contributed by atoms with Crippen LogP contribution in [0.5, 0.6) is 0 Å². The van der Waals surface area contributed by atoms with E-state index in [0.717, 1.165) is 24.3 Å². The number of hydrogen-bond acceptors (Lipinski definition) is 1. The second-order valence-electron chi connectivity index (χ2n) is 5.24. The maximum absolute atomic E-state index is 12.5. The van der Waals surface area contributed by atoms with Crippen LogP contribution < -0.4 is 5.32 Å². The monoisotopic (exact) mass is 269 g/mol. The number of hydrogen-bond donors (Lipinski definition) is 1. The minimum Gasteiger partial charge on any atom is -0.348 e. The largest absolute Gasteiger partial charge is 0.348 e. The van der Waals surface area contributed by atoms with Gasteiger partial charge in [0.25, 0.3) is 0 Å². The minimum atomic E-state index is -0.0285. The van der Waals surface area contributed by atoms with Gasteiger partial charge in [-0.25, -0.2) is 4.79 Å². The smallest absolute Gasteiger partial charge is 0.322 e. The molecule has 1 aliphatic heterocycles. The van der Waals surface area contributed by atoms with Crippen molar-refractivity contribution in [1.29, 1.82) is 0 Å². The summed E-state index contributed by atoms with van der Waals surface area (Å²) in [6, 6.07) is 12.0. The second-order valence-corrected chi connectivity index (χ2v) is 5.24. The van der Waals surface area contributed by atoms with Crippen molar-refractivity contribution in [3.63, 3.8) is 0 Å². The predicted octanol–water partition coefficient (Wildman–Crippen LogP) is 3.41. The quantitative estimate of drug-likeness (QED) is 0.846. The summed E-state index contributed by atoms with van der Waals surface area (Å²) in [5.74, 6) is 0. The molecule has 1 N–H and O–H groups in total. The van der Waals surface area contributed by atoms with E-state index in [1.807, 2.05) is 42.2 Å². The molecular weight excluding hydrogens is 250 g/mol. The van der Waals surface area contributed by atoms with Gasteiger partial charge in [-0.2, -0.15) is 0 Å². The number of urea groups is 1. The highest BCUT2D eigenvalue weighted by Crippen LogP contribution is 2.26. The highest BCUT2D eigenvalue weighted by molar-refractivity contribution is 5.90. The molecule has 0 bridgehead atoms. The molecule has 1 aromatic carbocycles. The van der Waals surface area contributed by atoms with Gasteiger partial charge in [-0.15, -0.1) is 0 Å². The Kier molecular flexibility index (Phi) is 3.22. The van der Waals surface area contributed by atoms with Crippen LogP contribution in [0.3, 0.4) is 0 Å². The highest BCUT2D eigenvalue weighted by atomic mass is 16.2. The van der Waals surface area contributed by atoms with Crippen molar-refractivity contribution >= 4 is 11.7 Å². The summed E-state index contributed by atoms with van der Waals surface area (Å²) < 4.78 is 2.21. The summed E-state index contributed by atoms with van der Waals surface area (Å²) in [5, 5.41) is 3.01. The lowest BCUT2D eigenvalue weighted by atomic mass is 10.1. The highest BCUT2D eigenvalue weighted by Gasteiger charge is 2.27. The third-order valence-electron chi connectivity index (χ3n) is 3.99. The molecule has 104 valence electrons. The van der Waals surface area contributed by atoms with Gasteiger partial charge >= 0.3 is 6.03 Å². The first-order valence-electron chi connectivity index (χ1n) is 6.95. The number of rotatable bonds is 1. The molecule has 2 heterocycles. The zero-order chi connectivity index (χ0) is 14.1. The van der Waals surface area contributed by atoms with E-state index in [1.54, 1.807) is 0 Å². The van der Waals surface area contributed by atoms with Crippen molar-refractivity contribution in [1.82, 2.24) is 9.47 Å². The Balaban J connectivity index is 1.77. The van der Waals surface area contributed by atoms with Gasteiger partial charge in [0.05, 0.1) is 6.04 Å². The molecule has 0 spiro atoms. The average molecular weight is 269 g/mol. The molecule has 20 heavy (non-hydrogen) atoms. The molecule has 0 fully saturated rings. The van der Waals surface area contributed by atoms with Crippen LogP contribution in [0, 0.1) is 6.92 Å². The Morgan fingerprint density at radius 1 is 1.20 bits per heavy atom. The molecule has 1 aromatic heterocycles. The number of aromatic nitrogens is 1. The fourth-order valence-corrected chi connectivity index (χ4v) is 2.76. The van der Waals surface area contributed by atoms with E-state index < -0.39 is 0 Å². The van der Waals surface area contributed by atoms with Crippen LogP contribution in [0.4, 0.5) is 10.5 Å². The third-order valence-corrected chi connectivity index (χ3v) is 3.99. The van der Waals surface area contributed by atoms with Crippen LogP contribution in [0.25, 0.3) is 0 Å². The van der Waals surface area contributed by atoms with Crippen molar-refractivity contribution < 1.29 is 4.79 Å². The van der Waals surface area contributed by atoms with Crippen LogP contribution in [0.1, 0.15) is 24.2 Å². The topological polar surface area (TPSA) is 37.3 Å². The van der Waals surface area contributed by atoms with Crippen molar-refractivity contribution in [2.45, 2.75) is 26.4 Å². The van der Waals surface area contributed by atoms with Crippen LogP contribution in [0.2, 0.25) is 0 Å². The Morgan fingerprint density at radius 2 is 2.00 bits per heavy atom. The Morgan fingerprint density at radius 3 is 2.80 bits per heavy atom. The van der Waals surface area contributed by atoms with Gasteiger partial charge in [0.2, 0.25) is 0 Å². The first-order valence-corrected chi connectivity index (χ1v) is 6.95. The molecule has 1 atom stereocenters. The zero-order valence-corrected chi connectivity index (χ0v) is 11.8. The van der Waals surface area contributed by atoms with Crippen LogP contribution in [0.15, 0.2) is 42.6 Å². The average Bonchev–Trinajstić information content (AvgIpc) is 2.91. The van der Waals surface area contributed by atoms with Gasteiger partial charge in [0, 0.05) is 30.7 Å². The van der Waals surface area contributed by atoms with Gasteiger partial charge in [-0.1, -0.05) is 18.2 Å². The first-order chi connectivity index (χ1) is 9.66. The summed E-state index contributed by atoms with van der Waals surface area (Å²) in [6.07, 6.45) is 2.07. The van der Waals surface area contributed by atoms with Crippen molar-refractivity contribution in [2.24, 2.45) is 0 Å². The van der Waals surface area contributed by atoms with E-state index in [2.05, 4.69) is 29.1 Å². The number of amides is 2. The molecular formula is C16H19N3O. The number of para-hydroxylation sites is 1. The molecule has 0 saturated carbocycles. The standard InChI is InChI=1S/C16H19N3O/c1-12-6-3-4-7-14(12)17-16(20)19-11-10-18-9-5-8-15(18)13(19)2/h3-9,13H,10-11H2,1-2H3,(H,17,20). The van der Waals surface area contributed by atoms with Crippen LogP contribution in [-0.4, -0.2) is 22.0 Å². The maximum atomic E-state index is 12.5. The number of carbonyl (C=O) groups excluding carboxylic acids is 1. The first kappa shape index (κ1) is 12.8. The summed E-state index contributed by atoms with van der Waals surface area (Å²) in [4.78, 5) is 14.4. The molecule has 2 aromatic rings. The molecule has 1 aliphatic rings. The van der Waals surface area contributed by atoms with Gasteiger partial charge in [-0.3, -0.25) is 0 Å². The minimum absolute atomic E-state index is 0.0285. The molecule has 0 aliphatic carbocycles. The zero-order valence-electron chi connectivity index (χ0n) is 11.8. The summed E-state index contributed by atoms with van der Waals surface area (Å²) in [6.45, 7) is 5.66. The Labute approximate surface area is 119 Å². The number of carbonyl (C=O) groups is 1. The van der Waals surface area contributed by atoms with E-state index in [9.17, 15) is 4.79 Å². The van der Waals surface area contributed by atoms with Gasteiger partial charge in [0.1, 0.15) is 0 Å². The van der Waals surface area contributed by atoms with Gasteiger partial charge < -0.3 is 14.8 Å². The molecule has 0 radical (unpaired) electrons. The summed E-state index contributed by atoms with van der Waals surface area (Å²) in [7, 11) is 0. The molecule has 4 nitrogen and oxygen atoms in total. The molecule has 3 rings (SSSR count). The fourth-order valence-electron chi connectivity index (χ4n) is 2.76. The lowest BCUT2D eigenvalue weighted by molar-refractivity contribution is 0.175.